The molecule has 2 aliphatic rings. The fraction of sp³-hybridized carbons (Fsp3) is 0.571. The summed E-state index contributed by atoms with van der Waals surface area (Å²) in [6.45, 7) is 0.786. The molecule has 1 aromatic carbocycles. The molecule has 0 radical (unpaired) electrons. The molecule has 27 heavy (non-hydrogen) atoms. The Morgan fingerprint density at radius 1 is 1.19 bits per heavy atom. The minimum absolute atomic E-state index is 0.0828. The van der Waals surface area contributed by atoms with Gasteiger partial charge in [0.05, 0.1) is 7.11 Å². The number of carbonyl (C=O) groups excluding carboxylic acids is 1. The first-order chi connectivity index (χ1) is 13.2. The molecule has 0 spiro atoms. The molecule has 1 aromatic heterocycles. The van der Waals surface area contributed by atoms with Gasteiger partial charge in [0.25, 0.3) is 0 Å². The number of rotatable bonds is 6. The highest BCUT2D eigenvalue weighted by molar-refractivity contribution is 5.77. The number of amides is 1. The predicted octanol–water partition coefficient (Wildman–Crippen LogP) is 4.38. The van der Waals surface area contributed by atoms with Crippen molar-refractivity contribution in [3.63, 3.8) is 0 Å². The summed E-state index contributed by atoms with van der Waals surface area (Å²) in [5.41, 5.74) is 0.878. The number of ether oxygens (including phenoxy) is 1. The Morgan fingerprint density at radius 2 is 1.96 bits per heavy atom. The second kappa shape index (κ2) is 8.11. The molecule has 2 fully saturated rings. The molecule has 4 rings (SSSR count). The number of aromatic nitrogens is 2. The Bertz CT molecular complexity index is 765. The third kappa shape index (κ3) is 3.99. The normalized spacial score (nSPS) is 20.3. The maximum Gasteiger partial charge on any atom is 0.249 e. The standard InChI is InChI=1S/C21H27N3O3/c1-26-17-11-9-16(10-12-17)20-22-21(27-23-20)18-7-4-14-24(18)19(25)13-8-15-5-2-3-6-15/h9-12,15,18H,2-8,13-14H2,1H3. The zero-order valence-electron chi connectivity index (χ0n) is 15.9. The number of methoxy groups -OCH3 is 1. The lowest BCUT2D eigenvalue weighted by Gasteiger charge is -2.22. The van der Waals surface area contributed by atoms with Gasteiger partial charge in [-0.25, -0.2) is 0 Å². The highest BCUT2D eigenvalue weighted by Gasteiger charge is 2.34. The van der Waals surface area contributed by atoms with Gasteiger partial charge < -0.3 is 14.2 Å². The summed E-state index contributed by atoms with van der Waals surface area (Å²) in [6, 6.07) is 7.49. The van der Waals surface area contributed by atoms with Crippen LogP contribution in [0.5, 0.6) is 5.75 Å². The summed E-state index contributed by atoms with van der Waals surface area (Å²) in [4.78, 5) is 19.3. The van der Waals surface area contributed by atoms with Gasteiger partial charge in [-0.3, -0.25) is 4.79 Å². The second-order valence-corrected chi connectivity index (χ2v) is 7.62. The van der Waals surface area contributed by atoms with E-state index in [9.17, 15) is 4.79 Å². The Morgan fingerprint density at radius 3 is 2.70 bits per heavy atom. The van der Waals surface area contributed by atoms with E-state index in [2.05, 4.69) is 10.1 Å². The van der Waals surface area contributed by atoms with Crippen molar-refractivity contribution in [3.05, 3.63) is 30.2 Å². The van der Waals surface area contributed by atoms with Crippen LogP contribution in [0.3, 0.4) is 0 Å². The van der Waals surface area contributed by atoms with Gasteiger partial charge in [0.2, 0.25) is 17.6 Å². The van der Waals surface area contributed by atoms with Crippen LogP contribution < -0.4 is 4.74 Å². The lowest BCUT2D eigenvalue weighted by atomic mass is 10.0. The summed E-state index contributed by atoms with van der Waals surface area (Å²) in [6.07, 6.45) is 8.74. The molecule has 1 aliphatic heterocycles. The van der Waals surface area contributed by atoms with Crippen LogP contribution in [0, 0.1) is 5.92 Å². The first-order valence-corrected chi connectivity index (χ1v) is 10.0. The van der Waals surface area contributed by atoms with E-state index in [4.69, 9.17) is 9.26 Å². The average molecular weight is 369 g/mol. The second-order valence-electron chi connectivity index (χ2n) is 7.62. The van der Waals surface area contributed by atoms with E-state index in [0.717, 1.165) is 43.0 Å². The molecular weight excluding hydrogens is 342 g/mol. The van der Waals surface area contributed by atoms with Crippen molar-refractivity contribution in [1.29, 1.82) is 0 Å². The lowest BCUT2D eigenvalue weighted by molar-refractivity contribution is -0.132. The Kier molecular flexibility index (Phi) is 5.41. The van der Waals surface area contributed by atoms with E-state index in [1.165, 1.54) is 25.7 Å². The lowest BCUT2D eigenvalue weighted by Crippen LogP contribution is -2.30. The van der Waals surface area contributed by atoms with Crippen LogP contribution >= 0.6 is 0 Å². The van der Waals surface area contributed by atoms with E-state index in [0.29, 0.717) is 18.1 Å². The van der Waals surface area contributed by atoms with Gasteiger partial charge in [-0.1, -0.05) is 30.8 Å². The minimum Gasteiger partial charge on any atom is -0.497 e. The molecule has 1 unspecified atom stereocenters. The molecule has 1 aliphatic carbocycles. The van der Waals surface area contributed by atoms with Crippen LogP contribution in [0.2, 0.25) is 0 Å². The van der Waals surface area contributed by atoms with Crippen molar-refractivity contribution in [3.8, 4) is 17.1 Å². The van der Waals surface area contributed by atoms with Crippen molar-refractivity contribution >= 4 is 5.91 Å². The first-order valence-electron chi connectivity index (χ1n) is 10.0. The highest BCUT2D eigenvalue weighted by atomic mass is 16.5. The van der Waals surface area contributed by atoms with E-state index in [1.807, 2.05) is 29.2 Å². The summed E-state index contributed by atoms with van der Waals surface area (Å²) in [5.74, 6) is 2.86. The topological polar surface area (TPSA) is 68.5 Å². The molecule has 6 heteroatoms. The highest BCUT2D eigenvalue weighted by Crippen LogP contribution is 2.34. The molecule has 2 aromatic rings. The quantitative estimate of drug-likeness (QED) is 0.756. The van der Waals surface area contributed by atoms with E-state index in [1.54, 1.807) is 7.11 Å². The van der Waals surface area contributed by atoms with Crippen molar-refractivity contribution in [2.75, 3.05) is 13.7 Å². The predicted molar refractivity (Wildman–Crippen MR) is 101 cm³/mol. The van der Waals surface area contributed by atoms with Gasteiger partial charge in [0.15, 0.2) is 0 Å². The number of carbonyl (C=O) groups is 1. The van der Waals surface area contributed by atoms with Gasteiger partial charge in [0, 0.05) is 18.5 Å². The van der Waals surface area contributed by atoms with Crippen LogP contribution in [-0.2, 0) is 4.79 Å². The summed E-state index contributed by atoms with van der Waals surface area (Å²) in [5, 5.41) is 4.12. The largest absolute Gasteiger partial charge is 0.497 e. The molecule has 1 atom stereocenters. The smallest absolute Gasteiger partial charge is 0.249 e. The van der Waals surface area contributed by atoms with Crippen LogP contribution in [0.4, 0.5) is 0 Å². The van der Waals surface area contributed by atoms with Crippen molar-refractivity contribution in [2.45, 2.75) is 57.4 Å². The van der Waals surface area contributed by atoms with Gasteiger partial charge in [-0.05, 0) is 49.4 Å². The van der Waals surface area contributed by atoms with E-state index in [-0.39, 0.29) is 11.9 Å². The number of nitrogens with zero attached hydrogens (tertiary/aromatic N) is 3. The first kappa shape index (κ1) is 18.0. The number of hydrogen-bond acceptors (Lipinski definition) is 5. The SMILES string of the molecule is COc1ccc(-c2noc(C3CCCN3C(=O)CCC3CCCC3)n2)cc1. The fourth-order valence-electron chi connectivity index (χ4n) is 4.32. The molecule has 1 saturated carbocycles. The summed E-state index contributed by atoms with van der Waals surface area (Å²) >= 11 is 0. The Labute approximate surface area is 159 Å². The molecule has 0 bridgehead atoms. The Balaban J connectivity index is 1.42. The van der Waals surface area contributed by atoms with Crippen molar-refractivity contribution < 1.29 is 14.1 Å². The number of hydrogen-bond donors (Lipinski definition) is 0. The molecule has 1 saturated heterocycles. The van der Waals surface area contributed by atoms with Crippen LogP contribution in [-0.4, -0.2) is 34.6 Å². The zero-order chi connectivity index (χ0) is 18.6. The van der Waals surface area contributed by atoms with Crippen LogP contribution in [0.1, 0.15) is 63.3 Å². The number of likely N-dealkylation sites (tertiary alicyclic amines) is 1. The van der Waals surface area contributed by atoms with Gasteiger partial charge >= 0.3 is 0 Å². The van der Waals surface area contributed by atoms with E-state index < -0.39 is 0 Å². The molecule has 2 heterocycles. The fourth-order valence-corrected chi connectivity index (χ4v) is 4.32. The van der Waals surface area contributed by atoms with Crippen molar-refractivity contribution in [1.82, 2.24) is 15.0 Å². The monoisotopic (exact) mass is 369 g/mol. The van der Waals surface area contributed by atoms with Crippen LogP contribution in [0.25, 0.3) is 11.4 Å². The Hall–Kier alpha value is -2.37. The molecular formula is C21H27N3O3. The molecule has 6 nitrogen and oxygen atoms in total. The van der Waals surface area contributed by atoms with Gasteiger partial charge in [-0.15, -0.1) is 0 Å². The maximum atomic E-state index is 12.8. The van der Waals surface area contributed by atoms with Crippen LogP contribution in [0.15, 0.2) is 28.8 Å². The zero-order valence-corrected chi connectivity index (χ0v) is 15.9. The van der Waals surface area contributed by atoms with Gasteiger partial charge in [0.1, 0.15) is 11.8 Å². The minimum atomic E-state index is -0.0828. The van der Waals surface area contributed by atoms with Gasteiger partial charge in [-0.2, -0.15) is 4.98 Å². The van der Waals surface area contributed by atoms with E-state index >= 15 is 0 Å². The summed E-state index contributed by atoms with van der Waals surface area (Å²) in [7, 11) is 1.64. The third-order valence-electron chi connectivity index (χ3n) is 5.89. The average Bonchev–Trinajstić information content (AvgIpc) is 3.47. The summed E-state index contributed by atoms with van der Waals surface area (Å²) < 4.78 is 10.7. The third-order valence-corrected chi connectivity index (χ3v) is 5.89. The molecule has 0 N–H and O–H groups in total. The van der Waals surface area contributed by atoms with Crippen molar-refractivity contribution in [2.24, 2.45) is 5.92 Å². The number of benzene rings is 1. The maximum absolute atomic E-state index is 12.8. The molecule has 1 amide bonds. The molecule has 144 valence electrons.